The minimum atomic E-state index is -0.249. The van der Waals surface area contributed by atoms with Crippen LogP contribution in [0.4, 0.5) is 0 Å². The van der Waals surface area contributed by atoms with Crippen molar-refractivity contribution >= 4 is 22.1 Å². The number of rotatable bonds is 3. The molecule has 3 aromatic heterocycles. The van der Waals surface area contributed by atoms with E-state index in [2.05, 4.69) is 15.0 Å². The summed E-state index contributed by atoms with van der Waals surface area (Å²) in [5.41, 5.74) is 3.52. The van der Waals surface area contributed by atoms with Crippen LogP contribution in [0.25, 0.3) is 39.0 Å². The van der Waals surface area contributed by atoms with Crippen molar-refractivity contribution in [2.24, 2.45) is 7.05 Å². The minimum Gasteiger partial charge on any atom is -0.467 e. The summed E-state index contributed by atoms with van der Waals surface area (Å²) in [5, 5.41) is 0.966. The number of hydrogen-bond donors (Lipinski definition) is 0. The van der Waals surface area contributed by atoms with Crippen molar-refractivity contribution in [1.29, 1.82) is 0 Å². The first-order valence-corrected chi connectivity index (χ1v) is 9.11. The third-order valence-electron chi connectivity index (χ3n) is 4.93. The predicted octanol–water partition coefficient (Wildman–Crippen LogP) is 3.34. The molecule has 7 heteroatoms. The fourth-order valence-electron chi connectivity index (χ4n) is 3.59. The van der Waals surface area contributed by atoms with Crippen LogP contribution in [-0.2, 0) is 7.05 Å². The van der Waals surface area contributed by atoms with Gasteiger partial charge in [-0.05, 0) is 18.2 Å². The van der Waals surface area contributed by atoms with Gasteiger partial charge in [-0.25, -0.2) is 9.97 Å². The quantitative estimate of drug-likeness (QED) is 0.478. The molecule has 0 spiro atoms. The molecule has 0 aliphatic heterocycles. The van der Waals surface area contributed by atoms with Crippen LogP contribution in [0.5, 0.6) is 6.01 Å². The van der Waals surface area contributed by atoms with Crippen molar-refractivity contribution in [1.82, 2.24) is 24.1 Å². The maximum atomic E-state index is 13.6. The summed E-state index contributed by atoms with van der Waals surface area (Å²) in [5.74, 6) is 0. The number of methoxy groups -OCH3 is 1. The van der Waals surface area contributed by atoms with E-state index in [9.17, 15) is 4.79 Å². The maximum absolute atomic E-state index is 13.6. The van der Waals surface area contributed by atoms with E-state index in [1.165, 1.54) is 7.11 Å². The smallest absolute Gasteiger partial charge is 0.318 e. The van der Waals surface area contributed by atoms with E-state index in [0.717, 1.165) is 16.5 Å². The van der Waals surface area contributed by atoms with Crippen molar-refractivity contribution in [3.8, 4) is 23.0 Å². The van der Waals surface area contributed by atoms with Crippen LogP contribution >= 0.6 is 0 Å². The molecular weight excluding hydrogens is 366 g/mol. The number of fused-ring (bicyclic) bond motifs is 2. The van der Waals surface area contributed by atoms with Crippen LogP contribution in [0.3, 0.4) is 0 Å². The van der Waals surface area contributed by atoms with Crippen LogP contribution in [0.2, 0.25) is 0 Å². The largest absolute Gasteiger partial charge is 0.467 e. The highest BCUT2D eigenvalue weighted by Gasteiger charge is 2.19. The standard InChI is InChI=1S/C22H17N5O2/c1-26-13-16(15-10-6-7-11-18(15)26)19-21(28)27(14-8-4-3-5-9-14)20-17(24-19)12-23-22(25-20)29-2/h3-13H,1-2H3. The van der Waals surface area contributed by atoms with Crippen LogP contribution in [0.15, 0.2) is 71.8 Å². The van der Waals surface area contributed by atoms with E-state index in [1.54, 1.807) is 10.8 Å². The van der Waals surface area contributed by atoms with Crippen LogP contribution in [-0.4, -0.2) is 31.2 Å². The van der Waals surface area contributed by atoms with Crippen LogP contribution in [0.1, 0.15) is 0 Å². The van der Waals surface area contributed by atoms with Crippen molar-refractivity contribution in [3.63, 3.8) is 0 Å². The summed E-state index contributed by atoms with van der Waals surface area (Å²) in [6, 6.07) is 17.5. The Morgan fingerprint density at radius 3 is 2.52 bits per heavy atom. The molecule has 0 aliphatic rings. The van der Waals surface area contributed by atoms with Gasteiger partial charge in [0.25, 0.3) is 5.56 Å². The lowest BCUT2D eigenvalue weighted by Crippen LogP contribution is -2.23. The number of aromatic nitrogens is 5. The number of ether oxygens (including phenoxy) is 1. The third-order valence-corrected chi connectivity index (χ3v) is 4.93. The van der Waals surface area contributed by atoms with Crippen molar-refractivity contribution in [2.45, 2.75) is 0 Å². The molecule has 7 nitrogen and oxygen atoms in total. The van der Waals surface area contributed by atoms with Crippen LogP contribution in [0, 0.1) is 0 Å². The summed E-state index contributed by atoms with van der Waals surface area (Å²) in [7, 11) is 3.45. The van der Waals surface area contributed by atoms with Gasteiger partial charge in [-0.1, -0.05) is 36.4 Å². The van der Waals surface area contributed by atoms with E-state index >= 15 is 0 Å². The fourth-order valence-corrected chi connectivity index (χ4v) is 3.59. The molecule has 3 heterocycles. The molecule has 0 unspecified atom stereocenters. The Kier molecular flexibility index (Phi) is 3.87. The lowest BCUT2D eigenvalue weighted by molar-refractivity contribution is 0.381. The molecule has 0 bridgehead atoms. The molecule has 5 rings (SSSR count). The van der Waals surface area contributed by atoms with Gasteiger partial charge in [0.2, 0.25) is 0 Å². The molecule has 2 aromatic carbocycles. The zero-order valence-electron chi connectivity index (χ0n) is 15.9. The predicted molar refractivity (Wildman–Crippen MR) is 111 cm³/mol. The zero-order chi connectivity index (χ0) is 20.0. The number of nitrogens with zero attached hydrogens (tertiary/aromatic N) is 5. The van der Waals surface area contributed by atoms with E-state index < -0.39 is 0 Å². The Morgan fingerprint density at radius 2 is 1.72 bits per heavy atom. The van der Waals surface area contributed by atoms with Gasteiger partial charge in [-0.15, -0.1) is 0 Å². The summed E-state index contributed by atoms with van der Waals surface area (Å²) in [6.45, 7) is 0. The summed E-state index contributed by atoms with van der Waals surface area (Å²) in [4.78, 5) is 26.8. The second kappa shape index (κ2) is 6.56. The van der Waals surface area contributed by atoms with E-state index in [4.69, 9.17) is 4.74 Å². The summed E-state index contributed by atoms with van der Waals surface area (Å²) < 4.78 is 8.71. The number of benzene rings is 2. The highest BCUT2D eigenvalue weighted by atomic mass is 16.5. The first kappa shape index (κ1) is 17.1. The second-order valence-electron chi connectivity index (χ2n) is 6.67. The maximum Gasteiger partial charge on any atom is 0.318 e. The van der Waals surface area contributed by atoms with Gasteiger partial charge in [0, 0.05) is 29.7 Å². The molecule has 0 aliphatic carbocycles. The first-order valence-electron chi connectivity index (χ1n) is 9.11. The van der Waals surface area contributed by atoms with Gasteiger partial charge in [0.15, 0.2) is 5.65 Å². The molecule has 0 saturated carbocycles. The first-order chi connectivity index (χ1) is 14.2. The Balaban J connectivity index is 1.91. The highest BCUT2D eigenvalue weighted by Crippen LogP contribution is 2.28. The Hall–Kier alpha value is -4.00. The van der Waals surface area contributed by atoms with E-state index in [-0.39, 0.29) is 11.6 Å². The Labute approximate surface area is 165 Å². The second-order valence-corrected chi connectivity index (χ2v) is 6.67. The minimum absolute atomic E-state index is 0.182. The molecular formula is C22H17N5O2. The SMILES string of the molecule is COc1ncc2nc(-c3cn(C)c4ccccc34)c(=O)n(-c3ccccc3)c2n1. The number of aryl methyl sites for hydroxylation is 1. The monoisotopic (exact) mass is 383 g/mol. The highest BCUT2D eigenvalue weighted by molar-refractivity contribution is 5.95. The molecule has 142 valence electrons. The van der Waals surface area contributed by atoms with Crippen molar-refractivity contribution < 1.29 is 4.74 Å². The Bertz CT molecular complexity index is 1420. The number of hydrogen-bond acceptors (Lipinski definition) is 5. The molecule has 0 fully saturated rings. The average molecular weight is 383 g/mol. The summed E-state index contributed by atoms with van der Waals surface area (Å²) >= 11 is 0. The molecule has 0 N–H and O–H groups in total. The van der Waals surface area contributed by atoms with E-state index in [0.29, 0.717) is 22.5 Å². The van der Waals surface area contributed by atoms with Gasteiger partial charge >= 0.3 is 6.01 Å². The van der Waals surface area contributed by atoms with Gasteiger partial charge in [-0.2, -0.15) is 4.98 Å². The van der Waals surface area contributed by atoms with Gasteiger partial charge < -0.3 is 9.30 Å². The molecule has 29 heavy (non-hydrogen) atoms. The van der Waals surface area contributed by atoms with Crippen molar-refractivity contribution in [2.75, 3.05) is 7.11 Å². The summed E-state index contributed by atoms with van der Waals surface area (Å²) in [6.07, 6.45) is 3.51. The van der Waals surface area contributed by atoms with Crippen LogP contribution < -0.4 is 10.3 Å². The van der Waals surface area contributed by atoms with Gasteiger partial charge in [0.1, 0.15) is 11.2 Å². The molecule has 0 atom stereocenters. The topological polar surface area (TPSA) is 74.8 Å². The lowest BCUT2D eigenvalue weighted by Gasteiger charge is -2.11. The van der Waals surface area contributed by atoms with E-state index in [1.807, 2.05) is 72.4 Å². The zero-order valence-corrected chi connectivity index (χ0v) is 15.9. The fraction of sp³-hybridized carbons (Fsp3) is 0.0909. The third kappa shape index (κ3) is 2.67. The average Bonchev–Trinajstić information content (AvgIpc) is 3.10. The van der Waals surface area contributed by atoms with Gasteiger partial charge in [0.05, 0.1) is 19.0 Å². The van der Waals surface area contributed by atoms with Crippen molar-refractivity contribution in [3.05, 3.63) is 77.3 Å². The molecule has 0 amide bonds. The Morgan fingerprint density at radius 1 is 0.966 bits per heavy atom. The lowest BCUT2D eigenvalue weighted by atomic mass is 10.1. The molecule has 5 aromatic rings. The molecule has 0 saturated heterocycles. The number of para-hydroxylation sites is 2. The molecule has 0 radical (unpaired) electrons. The van der Waals surface area contributed by atoms with Gasteiger partial charge in [-0.3, -0.25) is 9.36 Å². The normalized spacial score (nSPS) is 11.2.